The molecule has 1 aromatic rings. The molecule has 0 unspecified atom stereocenters. The van der Waals surface area contributed by atoms with Crippen molar-refractivity contribution in [3.05, 3.63) is 24.3 Å². The van der Waals surface area contributed by atoms with Gasteiger partial charge in [-0.3, -0.25) is 0 Å². The van der Waals surface area contributed by atoms with Gasteiger partial charge in [-0.15, -0.1) is 0 Å². The number of ether oxygens (including phenoxy) is 2. The van der Waals surface area contributed by atoms with Crippen molar-refractivity contribution in [2.45, 2.75) is 6.92 Å². The van der Waals surface area contributed by atoms with Crippen molar-refractivity contribution in [3.63, 3.8) is 0 Å². The zero-order valence-electron chi connectivity index (χ0n) is 8.19. The number of rotatable bonds is 6. The summed E-state index contributed by atoms with van der Waals surface area (Å²) in [6.07, 6.45) is 0. The molecule has 0 spiro atoms. The van der Waals surface area contributed by atoms with E-state index in [-0.39, 0.29) is 0 Å². The molecule has 0 bridgehead atoms. The van der Waals surface area contributed by atoms with E-state index in [0.29, 0.717) is 25.5 Å². The fraction of sp³-hybridized carbons (Fsp3) is 0.400. The zero-order valence-corrected chi connectivity index (χ0v) is 8.19. The predicted molar refractivity (Wildman–Crippen MR) is 52.9 cm³/mol. The summed E-state index contributed by atoms with van der Waals surface area (Å²) in [6, 6.07) is 7.46. The summed E-state index contributed by atoms with van der Waals surface area (Å²) in [5.41, 5.74) is 2.02. The van der Waals surface area contributed by atoms with Crippen LogP contribution in [0.1, 0.15) is 6.92 Å². The Hall–Kier alpha value is -1.26. The van der Waals surface area contributed by atoms with E-state index in [0.717, 1.165) is 5.75 Å². The largest absolute Gasteiger partial charge is 0.490 e. The van der Waals surface area contributed by atoms with Gasteiger partial charge in [-0.05, 0) is 19.1 Å². The standard InChI is InChI=1S/C10H15NO3/c1-2-13-9-5-3-4-6-10(9)14-8-7-11-12/h3-6,11-12H,2,7-8H2,1H3. The van der Waals surface area contributed by atoms with E-state index in [9.17, 15) is 0 Å². The molecule has 4 heteroatoms. The lowest BCUT2D eigenvalue weighted by atomic mass is 10.3. The van der Waals surface area contributed by atoms with Gasteiger partial charge in [-0.2, -0.15) is 0 Å². The Bertz CT molecular complexity index is 265. The molecule has 1 rings (SSSR count). The Morgan fingerprint density at radius 1 is 1.21 bits per heavy atom. The molecule has 0 saturated heterocycles. The van der Waals surface area contributed by atoms with Gasteiger partial charge in [0.15, 0.2) is 11.5 Å². The van der Waals surface area contributed by atoms with Crippen molar-refractivity contribution in [1.82, 2.24) is 5.48 Å². The highest BCUT2D eigenvalue weighted by atomic mass is 16.5. The third-order valence-electron chi connectivity index (χ3n) is 1.62. The van der Waals surface area contributed by atoms with E-state index in [2.05, 4.69) is 0 Å². The van der Waals surface area contributed by atoms with Crippen molar-refractivity contribution >= 4 is 0 Å². The monoisotopic (exact) mass is 197 g/mol. The van der Waals surface area contributed by atoms with Gasteiger partial charge in [-0.25, -0.2) is 5.48 Å². The molecule has 0 aliphatic carbocycles. The van der Waals surface area contributed by atoms with Gasteiger partial charge < -0.3 is 14.7 Å². The van der Waals surface area contributed by atoms with Gasteiger partial charge in [0.1, 0.15) is 6.61 Å². The van der Waals surface area contributed by atoms with Crippen LogP contribution in [0.2, 0.25) is 0 Å². The average Bonchev–Trinajstić information content (AvgIpc) is 2.21. The first-order valence-electron chi connectivity index (χ1n) is 4.60. The maximum absolute atomic E-state index is 8.36. The van der Waals surface area contributed by atoms with Gasteiger partial charge in [0.2, 0.25) is 0 Å². The molecular weight excluding hydrogens is 182 g/mol. The molecule has 0 fully saturated rings. The third-order valence-corrected chi connectivity index (χ3v) is 1.62. The first-order valence-corrected chi connectivity index (χ1v) is 4.60. The summed E-state index contributed by atoms with van der Waals surface area (Å²) >= 11 is 0. The molecule has 1 aromatic carbocycles. The van der Waals surface area contributed by atoms with Crippen LogP contribution in [0.25, 0.3) is 0 Å². The van der Waals surface area contributed by atoms with Crippen LogP contribution in [0, 0.1) is 0 Å². The number of para-hydroxylation sites is 2. The van der Waals surface area contributed by atoms with Crippen molar-refractivity contribution in [3.8, 4) is 11.5 Å². The summed E-state index contributed by atoms with van der Waals surface area (Å²) in [4.78, 5) is 0. The fourth-order valence-corrected chi connectivity index (χ4v) is 1.05. The highest BCUT2D eigenvalue weighted by molar-refractivity contribution is 5.39. The molecule has 0 amide bonds. The predicted octanol–water partition coefficient (Wildman–Crippen LogP) is 1.44. The molecule has 0 aliphatic rings. The Balaban J connectivity index is 2.55. The van der Waals surface area contributed by atoms with E-state index >= 15 is 0 Å². The molecule has 0 atom stereocenters. The van der Waals surface area contributed by atoms with Crippen LogP contribution in [0.5, 0.6) is 11.5 Å². The first kappa shape index (κ1) is 10.8. The van der Waals surface area contributed by atoms with E-state index in [1.54, 1.807) is 0 Å². The smallest absolute Gasteiger partial charge is 0.161 e. The van der Waals surface area contributed by atoms with Crippen LogP contribution in [0.15, 0.2) is 24.3 Å². The maximum atomic E-state index is 8.36. The van der Waals surface area contributed by atoms with Crippen LogP contribution in [0.3, 0.4) is 0 Å². The second-order valence-electron chi connectivity index (χ2n) is 2.64. The highest BCUT2D eigenvalue weighted by Crippen LogP contribution is 2.25. The summed E-state index contributed by atoms with van der Waals surface area (Å²) in [5, 5.41) is 8.36. The van der Waals surface area contributed by atoms with Crippen LogP contribution in [-0.2, 0) is 0 Å². The minimum absolute atomic E-state index is 0.389. The van der Waals surface area contributed by atoms with Crippen molar-refractivity contribution in [2.75, 3.05) is 19.8 Å². The second-order valence-corrected chi connectivity index (χ2v) is 2.64. The van der Waals surface area contributed by atoms with E-state index in [4.69, 9.17) is 14.7 Å². The topological polar surface area (TPSA) is 50.7 Å². The summed E-state index contributed by atoms with van der Waals surface area (Å²) in [5.74, 6) is 1.43. The van der Waals surface area contributed by atoms with Crippen molar-refractivity contribution in [1.29, 1.82) is 0 Å². The molecule has 0 radical (unpaired) electrons. The number of benzene rings is 1. The van der Waals surface area contributed by atoms with Gasteiger partial charge in [-0.1, -0.05) is 12.1 Å². The van der Waals surface area contributed by atoms with Crippen LogP contribution in [0.4, 0.5) is 0 Å². The van der Waals surface area contributed by atoms with Crippen molar-refractivity contribution < 1.29 is 14.7 Å². The Labute approximate surface area is 83.4 Å². The molecule has 2 N–H and O–H groups in total. The quantitative estimate of drug-likeness (QED) is 0.535. The number of nitrogens with one attached hydrogen (secondary N) is 1. The number of hydroxylamine groups is 1. The zero-order chi connectivity index (χ0) is 10.2. The Kier molecular flexibility index (Phi) is 4.82. The second kappa shape index (κ2) is 6.23. The summed E-state index contributed by atoms with van der Waals surface area (Å²) in [7, 11) is 0. The van der Waals surface area contributed by atoms with Crippen LogP contribution >= 0.6 is 0 Å². The molecule has 78 valence electrons. The fourth-order valence-electron chi connectivity index (χ4n) is 1.05. The first-order chi connectivity index (χ1) is 6.88. The maximum Gasteiger partial charge on any atom is 0.161 e. The summed E-state index contributed by atoms with van der Waals surface area (Å²) in [6.45, 7) is 3.33. The number of hydrogen-bond acceptors (Lipinski definition) is 4. The number of hydrogen-bond donors (Lipinski definition) is 2. The lowest BCUT2D eigenvalue weighted by molar-refractivity contribution is 0.144. The molecular formula is C10H15NO3. The van der Waals surface area contributed by atoms with Gasteiger partial charge in [0.05, 0.1) is 13.2 Å². The van der Waals surface area contributed by atoms with E-state index < -0.39 is 0 Å². The lowest BCUT2D eigenvalue weighted by Gasteiger charge is -2.10. The molecule has 14 heavy (non-hydrogen) atoms. The third kappa shape index (κ3) is 3.24. The lowest BCUT2D eigenvalue weighted by Crippen LogP contribution is -2.16. The minimum Gasteiger partial charge on any atom is -0.490 e. The molecule has 0 saturated carbocycles. The molecule has 0 heterocycles. The van der Waals surface area contributed by atoms with Gasteiger partial charge in [0.25, 0.3) is 0 Å². The highest BCUT2D eigenvalue weighted by Gasteiger charge is 2.01. The average molecular weight is 197 g/mol. The van der Waals surface area contributed by atoms with Crippen molar-refractivity contribution in [2.24, 2.45) is 0 Å². The van der Waals surface area contributed by atoms with Crippen LogP contribution < -0.4 is 15.0 Å². The Morgan fingerprint density at radius 3 is 2.43 bits per heavy atom. The minimum atomic E-state index is 0.389. The van der Waals surface area contributed by atoms with Gasteiger partial charge in [0, 0.05) is 0 Å². The Morgan fingerprint density at radius 2 is 1.86 bits per heavy atom. The van der Waals surface area contributed by atoms with E-state index in [1.165, 1.54) is 0 Å². The molecule has 0 aliphatic heterocycles. The van der Waals surface area contributed by atoms with Gasteiger partial charge >= 0.3 is 0 Å². The summed E-state index contributed by atoms with van der Waals surface area (Å²) < 4.78 is 10.7. The van der Waals surface area contributed by atoms with E-state index in [1.807, 2.05) is 36.7 Å². The molecule has 4 nitrogen and oxygen atoms in total. The van der Waals surface area contributed by atoms with Crippen LogP contribution in [-0.4, -0.2) is 25.0 Å². The normalized spacial score (nSPS) is 9.86. The SMILES string of the molecule is CCOc1ccccc1OCCNO. The molecule has 0 aromatic heterocycles.